The van der Waals surface area contributed by atoms with E-state index in [1.807, 2.05) is 30.7 Å². The third-order valence-corrected chi connectivity index (χ3v) is 2.38. The zero-order valence-corrected chi connectivity index (χ0v) is 9.94. The third-order valence-electron chi connectivity index (χ3n) is 2.38. The minimum absolute atomic E-state index is 0.721. The first-order valence-electron chi connectivity index (χ1n) is 5.55. The first kappa shape index (κ1) is 10.8. The van der Waals surface area contributed by atoms with Gasteiger partial charge in [0.1, 0.15) is 5.82 Å². The van der Waals surface area contributed by atoms with Gasteiger partial charge in [-0.05, 0) is 26.3 Å². The molecule has 4 nitrogen and oxygen atoms in total. The monoisotopic (exact) mass is 216 g/mol. The Morgan fingerprint density at radius 3 is 2.50 bits per heavy atom. The van der Waals surface area contributed by atoms with Crippen LogP contribution in [0, 0.1) is 13.8 Å². The second-order valence-electron chi connectivity index (χ2n) is 3.91. The molecule has 2 rings (SSSR count). The molecule has 2 aromatic rings. The Kier molecular flexibility index (Phi) is 2.99. The van der Waals surface area contributed by atoms with Gasteiger partial charge < -0.3 is 0 Å². The van der Waals surface area contributed by atoms with Gasteiger partial charge in [0.25, 0.3) is 0 Å². The number of aromatic nitrogens is 4. The predicted octanol–water partition coefficient (Wildman–Crippen LogP) is 2.23. The molecule has 0 unspecified atom stereocenters. The van der Waals surface area contributed by atoms with Crippen molar-refractivity contribution in [3.05, 3.63) is 35.7 Å². The van der Waals surface area contributed by atoms with Crippen molar-refractivity contribution in [2.75, 3.05) is 0 Å². The first-order chi connectivity index (χ1) is 7.70. The summed E-state index contributed by atoms with van der Waals surface area (Å²) >= 11 is 0. The molecule has 0 aliphatic carbocycles. The minimum atomic E-state index is 0.721. The molecule has 4 heteroatoms. The van der Waals surface area contributed by atoms with Crippen molar-refractivity contribution in [2.45, 2.75) is 33.6 Å². The molecule has 0 aromatic carbocycles. The lowest BCUT2D eigenvalue weighted by Crippen LogP contribution is -2.06. The lowest BCUT2D eigenvalue weighted by atomic mass is 10.3. The quantitative estimate of drug-likeness (QED) is 0.790. The van der Waals surface area contributed by atoms with Crippen LogP contribution >= 0.6 is 0 Å². The van der Waals surface area contributed by atoms with E-state index in [9.17, 15) is 0 Å². The van der Waals surface area contributed by atoms with Crippen LogP contribution in [0.1, 0.15) is 30.6 Å². The van der Waals surface area contributed by atoms with Crippen LogP contribution in [0.4, 0.5) is 0 Å². The van der Waals surface area contributed by atoms with E-state index in [0.29, 0.717) is 0 Å². The van der Waals surface area contributed by atoms with Crippen LogP contribution in [0.25, 0.3) is 5.95 Å². The van der Waals surface area contributed by atoms with E-state index in [2.05, 4.69) is 21.9 Å². The normalized spacial score (nSPS) is 10.7. The van der Waals surface area contributed by atoms with E-state index in [1.54, 1.807) is 6.20 Å². The number of aryl methyl sites for hydroxylation is 3. The fourth-order valence-corrected chi connectivity index (χ4v) is 1.74. The Morgan fingerprint density at radius 1 is 1.19 bits per heavy atom. The van der Waals surface area contributed by atoms with E-state index in [0.717, 1.165) is 36.0 Å². The molecular formula is C12H16N4. The number of hydrogen-bond acceptors (Lipinski definition) is 3. The topological polar surface area (TPSA) is 43.6 Å². The first-order valence-corrected chi connectivity index (χ1v) is 5.55. The smallest absolute Gasteiger partial charge is 0.235 e. The standard InChI is InChI=1S/C12H16N4/c1-4-5-11-13-6-7-16(11)12-14-9(2)8-10(3)15-12/h6-8H,4-5H2,1-3H3. The van der Waals surface area contributed by atoms with Gasteiger partial charge in [-0.2, -0.15) is 0 Å². The number of nitrogens with zero attached hydrogens (tertiary/aromatic N) is 4. The number of rotatable bonds is 3. The van der Waals surface area contributed by atoms with Gasteiger partial charge in [0.15, 0.2) is 0 Å². The van der Waals surface area contributed by atoms with E-state index in [-0.39, 0.29) is 0 Å². The van der Waals surface area contributed by atoms with Crippen LogP contribution < -0.4 is 0 Å². The summed E-state index contributed by atoms with van der Waals surface area (Å²) in [6, 6.07) is 1.97. The molecule has 0 fully saturated rings. The molecule has 0 aliphatic heterocycles. The molecule has 0 radical (unpaired) electrons. The summed E-state index contributed by atoms with van der Waals surface area (Å²) in [6.45, 7) is 6.10. The Morgan fingerprint density at radius 2 is 1.88 bits per heavy atom. The molecular weight excluding hydrogens is 200 g/mol. The average molecular weight is 216 g/mol. The number of hydrogen-bond donors (Lipinski definition) is 0. The molecule has 2 aromatic heterocycles. The van der Waals surface area contributed by atoms with E-state index >= 15 is 0 Å². The highest BCUT2D eigenvalue weighted by atomic mass is 15.2. The van der Waals surface area contributed by atoms with Gasteiger partial charge in [-0.15, -0.1) is 0 Å². The molecule has 0 saturated heterocycles. The van der Waals surface area contributed by atoms with E-state index in [1.165, 1.54) is 0 Å². The van der Waals surface area contributed by atoms with Crippen molar-refractivity contribution in [3.8, 4) is 5.95 Å². The van der Waals surface area contributed by atoms with Crippen molar-refractivity contribution >= 4 is 0 Å². The maximum Gasteiger partial charge on any atom is 0.235 e. The maximum absolute atomic E-state index is 4.43. The lowest BCUT2D eigenvalue weighted by Gasteiger charge is -2.06. The predicted molar refractivity (Wildman–Crippen MR) is 62.6 cm³/mol. The fourth-order valence-electron chi connectivity index (χ4n) is 1.74. The molecule has 2 heterocycles. The third kappa shape index (κ3) is 2.10. The van der Waals surface area contributed by atoms with E-state index < -0.39 is 0 Å². The summed E-state index contributed by atoms with van der Waals surface area (Å²) in [4.78, 5) is 13.2. The van der Waals surface area contributed by atoms with Crippen LogP contribution in [-0.2, 0) is 6.42 Å². The lowest BCUT2D eigenvalue weighted by molar-refractivity contribution is 0.775. The summed E-state index contributed by atoms with van der Waals surface area (Å²) in [7, 11) is 0. The SMILES string of the molecule is CCCc1nccn1-c1nc(C)cc(C)n1. The van der Waals surface area contributed by atoms with Crippen LogP contribution in [0.3, 0.4) is 0 Å². The van der Waals surface area contributed by atoms with Crippen molar-refractivity contribution in [3.63, 3.8) is 0 Å². The largest absolute Gasteiger partial charge is 0.272 e. The summed E-state index contributed by atoms with van der Waals surface area (Å²) in [5.41, 5.74) is 1.97. The molecule has 0 bridgehead atoms. The molecule has 0 amide bonds. The number of imidazole rings is 1. The summed E-state index contributed by atoms with van der Waals surface area (Å²) in [5, 5.41) is 0. The van der Waals surface area contributed by atoms with Gasteiger partial charge in [-0.1, -0.05) is 6.92 Å². The van der Waals surface area contributed by atoms with Crippen LogP contribution in [0.2, 0.25) is 0 Å². The zero-order valence-electron chi connectivity index (χ0n) is 9.94. The molecule has 0 atom stereocenters. The summed E-state index contributed by atoms with van der Waals surface area (Å²) in [6.07, 6.45) is 5.73. The zero-order chi connectivity index (χ0) is 11.5. The van der Waals surface area contributed by atoms with Gasteiger partial charge in [-0.3, -0.25) is 4.57 Å². The second-order valence-corrected chi connectivity index (χ2v) is 3.91. The average Bonchev–Trinajstić information content (AvgIpc) is 2.65. The summed E-state index contributed by atoms with van der Waals surface area (Å²) in [5.74, 6) is 1.74. The second kappa shape index (κ2) is 4.43. The van der Waals surface area contributed by atoms with Crippen LogP contribution in [-0.4, -0.2) is 19.5 Å². The van der Waals surface area contributed by atoms with Crippen molar-refractivity contribution in [2.24, 2.45) is 0 Å². The Hall–Kier alpha value is -1.71. The molecule has 0 spiro atoms. The maximum atomic E-state index is 4.43. The molecule has 0 aliphatic rings. The van der Waals surface area contributed by atoms with Crippen LogP contribution in [0.15, 0.2) is 18.5 Å². The summed E-state index contributed by atoms with van der Waals surface area (Å²) < 4.78 is 1.96. The van der Waals surface area contributed by atoms with Crippen molar-refractivity contribution in [1.29, 1.82) is 0 Å². The minimum Gasteiger partial charge on any atom is -0.272 e. The Labute approximate surface area is 95.4 Å². The van der Waals surface area contributed by atoms with Crippen molar-refractivity contribution < 1.29 is 0 Å². The van der Waals surface area contributed by atoms with Gasteiger partial charge in [0.05, 0.1) is 0 Å². The highest BCUT2D eigenvalue weighted by Crippen LogP contribution is 2.09. The Bertz CT molecular complexity index is 467. The van der Waals surface area contributed by atoms with Gasteiger partial charge >= 0.3 is 0 Å². The Balaban J connectivity index is 2.45. The highest BCUT2D eigenvalue weighted by molar-refractivity contribution is 5.20. The highest BCUT2D eigenvalue weighted by Gasteiger charge is 2.07. The van der Waals surface area contributed by atoms with E-state index in [4.69, 9.17) is 0 Å². The van der Waals surface area contributed by atoms with Gasteiger partial charge in [0, 0.05) is 30.2 Å². The van der Waals surface area contributed by atoms with Crippen LogP contribution in [0.5, 0.6) is 0 Å². The van der Waals surface area contributed by atoms with Gasteiger partial charge in [0.2, 0.25) is 5.95 Å². The van der Waals surface area contributed by atoms with Gasteiger partial charge in [-0.25, -0.2) is 15.0 Å². The molecule has 16 heavy (non-hydrogen) atoms. The molecule has 0 saturated carbocycles. The molecule has 0 N–H and O–H groups in total. The molecule has 84 valence electrons. The fraction of sp³-hybridized carbons (Fsp3) is 0.417. The van der Waals surface area contributed by atoms with Crippen molar-refractivity contribution in [1.82, 2.24) is 19.5 Å².